The molecule has 0 spiro atoms. The van der Waals surface area contributed by atoms with Crippen molar-refractivity contribution in [2.24, 2.45) is 0 Å². The molecule has 0 aliphatic rings. The van der Waals surface area contributed by atoms with Crippen LogP contribution in [-0.2, 0) is 9.59 Å². The molecule has 1 N–H and O–H groups in total. The molecule has 132 valence electrons. The highest BCUT2D eigenvalue weighted by atomic mass is 16.5. The number of carbonyl (C=O) groups is 2. The van der Waals surface area contributed by atoms with Crippen LogP contribution >= 0.6 is 0 Å². The lowest BCUT2D eigenvalue weighted by Gasteiger charge is -2.18. The monoisotopic (exact) mass is 340 g/mol. The first-order chi connectivity index (χ1) is 11.9. The molecule has 0 fully saturated rings. The standard InChI is InChI=1S/C20H24N2O3/c1-14-8-10-17(11-9-14)25-13-19(24)22(4)12-18(23)21-20-15(2)6-5-7-16(20)3/h5-11H,12-13H2,1-4H3,(H,21,23). The summed E-state index contributed by atoms with van der Waals surface area (Å²) < 4.78 is 5.46. The van der Waals surface area contributed by atoms with Crippen LogP contribution in [0, 0.1) is 20.8 Å². The van der Waals surface area contributed by atoms with E-state index in [1.807, 2.05) is 63.2 Å². The Morgan fingerprint density at radius 3 is 2.20 bits per heavy atom. The molecule has 5 heteroatoms. The van der Waals surface area contributed by atoms with Gasteiger partial charge in [-0.15, -0.1) is 0 Å². The van der Waals surface area contributed by atoms with E-state index >= 15 is 0 Å². The van der Waals surface area contributed by atoms with Gasteiger partial charge in [0.1, 0.15) is 5.75 Å². The van der Waals surface area contributed by atoms with Gasteiger partial charge < -0.3 is 15.0 Å². The summed E-state index contributed by atoms with van der Waals surface area (Å²) in [5.74, 6) is 0.146. The lowest BCUT2D eigenvalue weighted by Crippen LogP contribution is -2.37. The van der Waals surface area contributed by atoms with E-state index in [1.54, 1.807) is 7.05 Å². The maximum atomic E-state index is 12.2. The van der Waals surface area contributed by atoms with Gasteiger partial charge in [0.15, 0.2) is 6.61 Å². The Kier molecular flexibility index (Phi) is 6.17. The summed E-state index contributed by atoms with van der Waals surface area (Å²) in [5.41, 5.74) is 3.90. The molecule has 0 saturated carbocycles. The highest BCUT2D eigenvalue weighted by molar-refractivity contribution is 5.95. The zero-order chi connectivity index (χ0) is 18.4. The number of nitrogens with one attached hydrogen (secondary N) is 1. The zero-order valence-corrected chi connectivity index (χ0v) is 15.1. The first kappa shape index (κ1) is 18.5. The number of amides is 2. The number of ether oxygens (including phenoxy) is 1. The molecule has 5 nitrogen and oxygen atoms in total. The second-order valence-electron chi connectivity index (χ2n) is 6.17. The number of benzene rings is 2. The van der Waals surface area contributed by atoms with E-state index in [4.69, 9.17) is 4.74 Å². The van der Waals surface area contributed by atoms with Crippen LogP contribution in [-0.4, -0.2) is 36.9 Å². The number of aryl methyl sites for hydroxylation is 3. The molecule has 25 heavy (non-hydrogen) atoms. The highest BCUT2D eigenvalue weighted by Crippen LogP contribution is 2.19. The van der Waals surface area contributed by atoms with E-state index < -0.39 is 0 Å². The Balaban J connectivity index is 1.85. The SMILES string of the molecule is Cc1ccc(OCC(=O)N(C)CC(=O)Nc2c(C)cccc2C)cc1. The summed E-state index contributed by atoms with van der Waals surface area (Å²) in [6.07, 6.45) is 0. The fraction of sp³-hybridized carbons (Fsp3) is 0.300. The van der Waals surface area contributed by atoms with Gasteiger partial charge in [0.2, 0.25) is 5.91 Å². The molecule has 0 bridgehead atoms. The number of para-hydroxylation sites is 1. The topological polar surface area (TPSA) is 58.6 Å². The number of anilines is 1. The Labute approximate surface area is 148 Å². The summed E-state index contributed by atoms with van der Waals surface area (Å²) >= 11 is 0. The van der Waals surface area contributed by atoms with Crippen molar-refractivity contribution in [3.05, 3.63) is 59.2 Å². The van der Waals surface area contributed by atoms with Crippen molar-refractivity contribution in [2.75, 3.05) is 25.5 Å². The smallest absolute Gasteiger partial charge is 0.260 e. The van der Waals surface area contributed by atoms with Gasteiger partial charge in [0.25, 0.3) is 5.91 Å². The first-order valence-corrected chi connectivity index (χ1v) is 8.16. The Bertz CT molecular complexity index is 734. The molecule has 0 atom stereocenters. The molecule has 2 rings (SSSR count). The lowest BCUT2D eigenvalue weighted by atomic mass is 10.1. The predicted molar refractivity (Wildman–Crippen MR) is 98.9 cm³/mol. The van der Waals surface area contributed by atoms with Crippen LogP contribution in [0.4, 0.5) is 5.69 Å². The van der Waals surface area contributed by atoms with E-state index in [0.717, 1.165) is 22.4 Å². The van der Waals surface area contributed by atoms with E-state index in [1.165, 1.54) is 4.90 Å². The van der Waals surface area contributed by atoms with Gasteiger partial charge in [-0.05, 0) is 44.0 Å². The third kappa shape index (κ3) is 5.35. The van der Waals surface area contributed by atoms with Crippen molar-refractivity contribution in [1.29, 1.82) is 0 Å². The van der Waals surface area contributed by atoms with Crippen molar-refractivity contribution in [3.63, 3.8) is 0 Å². The van der Waals surface area contributed by atoms with Crippen molar-refractivity contribution in [2.45, 2.75) is 20.8 Å². The Hall–Kier alpha value is -2.82. The average molecular weight is 340 g/mol. The molecule has 0 aliphatic carbocycles. The van der Waals surface area contributed by atoms with Gasteiger partial charge in [-0.3, -0.25) is 9.59 Å². The zero-order valence-electron chi connectivity index (χ0n) is 15.1. The van der Waals surface area contributed by atoms with E-state index in [0.29, 0.717) is 5.75 Å². The summed E-state index contributed by atoms with van der Waals surface area (Å²) in [7, 11) is 1.59. The fourth-order valence-corrected chi connectivity index (χ4v) is 2.38. The number of hydrogen-bond donors (Lipinski definition) is 1. The van der Waals surface area contributed by atoms with Gasteiger partial charge in [-0.1, -0.05) is 35.9 Å². The fourth-order valence-electron chi connectivity index (χ4n) is 2.38. The largest absolute Gasteiger partial charge is 0.484 e. The van der Waals surface area contributed by atoms with E-state index in [-0.39, 0.29) is 25.0 Å². The quantitative estimate of drug-likeness (QED) is 0.879. The number of rotatable bonds is 6. The predicted octanol–water partition coefficient (Wildman–Crippen LogP) is 3.09. The molecule has 0 aliphatic heterocycles. The van der Waals surface area contributed by atoms with Gasteiger partial charge >= 0.3 is 0 Å². The number of carbonyl (C=O) groups excluding carboxylic acids is 2. The molecule has 2 aromatic rings. The summed E-state index contributed by atoms with van der Waals surface area (Å²) in [5, 5.41) is 2.87. The van der Waals surface area contributed by atoms with E-state index in [2.05, 4.69) is 5.32 Å². The molecule has 2 amide bonds. The minimum Gasteiger partial charge on any atom is -0.484 e. The lowest BCUT2D eigenvalue weighted by molar-refractivity contribution is -0.135. The molecule has 0 unspecified atom stereocenters. The number of nitrogens with zero attached hydrogens (tertiary/aromatic N) is 1. The van der Waals surface area contributed by atoms with Gasteiger partial charge in [-0.25, -0.2) is 0 Å². The summed E-state index contributed by atoms with van der Waals surface area (Å²) in [6, 6.07) is 13.3. The maximum Gasteiger partial charge on any atom is 0.260 e. The van der Waals surface area contributed by atoms with Gasteiger partial charge in [0.05, 0.1) is 6.54 Å². The van der Waals surface area contributed by atoms with Crippen LogP contribution in [0.15, 0.2) is 42.5 Å². The normalized spacial score (nSPS) is 10.2. The van der Waals surface area contributed by atoms with Crippen LogP contribution in [0.1, 0.15) is 16.7 Å². The van der Waals surface area contributed by atoms with Gasteiger partial charge in [0, 0.05) is 12.7 Å². The molecule has 0 aromatic heterocycles. The van der Waals surface area contributed by atoms with Crippen molar-refractivity contribution in [1.82, 2.24) is 4.90 Å². The second kappa shape index (κ2) is 8.33. The Morgan fingerprint density at radius 2 is 1.60 bits per heavy atom. The second-order valence-corrected chi connectivity index (χ2v) is 6.17. The van der Waals surface area contributed by atoms with Crippen LogP contribution in [0.5, 0.6) is 5.75 Å². The van der Waals surface area contributed by atoms with E-state index in [9.17, 15) is 9.59 Å². The molecule has 0 saturated heterocycles. The number of likely N-dealkylation sites (N-methyl/N-ethyl adjacent to an activating group) is 1. The minimum absolute atomic E-state index is 0.0239. The van der Waals surface area contributed by atoms with Crippen molar-refractivity contribution in [3.8, 4) is 5.75 Å². The van der Waals surface area contributed by atoms with Crippen molar-refractivity contribution >= 4 is 17.5 Å². The van der Waals surface area contributed by atoms with Crippen molar-refractivity contribution < 1.29 is 14.3 Å². The van der Waals surface area contributed by atoms with Crippen LogP contribution in [0.25, 0.3) is 0 Å². The third-order valence-corrected chi connectivity index (χ3v) is 3.94. The molecular formula is C20H24N2O3. The molecule has 2 aromatic carbocycles. The van der Waals surface area contributed by atoms with Crippen LogP contribution in [0.2, 0.25) is 0 Å². The number of hydrogen-bond acceptors (Lipinski definition) is 3. The average Bonchev–Trinajstić information content (AvgIpc) is 2.57. The van der Waals surface area contributed by atoms with Crippen LogP contribution < -0.4 is 10.1 Å². The summed E-state index contributed by atoms with van der Waals surface area (Å²) in [4.78, 5) is 25.7. The maximum absolute atomic E-state index is 12.2. The Morgan fingerprint density at radius 1 is 1.00 bits per heavy atom. The summed E-state index contributed by atoms with van der Waals surface area (Å²) in [6.45, 7) is 5.73. The minimum atomic E-state index is -0.253. The van der Waals surface area contributed by atoms with Crippen LogP contribution in [0.3, 0.4) is 0 Å². The molecule has 0 radical (unpaired) electrons. The molecule has 0 heterocycles. The van der Waals surface area contributed by atoms with Gasteiger partial charge in [-0.2, -0.15) is 0 Å². The highest BCUT2D eigenvalue weighted by Gasteiger charge is 2.15. The third-order valence-electron chi connectivity index (χ3n) is 3.94. The first-order valence-electron chi connectivity index (χ1n) is 8.16. The molecular weight excluding hydrogens is 316 g/mol.